The van der Waals surface area contributed by atoms with Crippen LogP contribution < -0.4 is 0 Å². The zero-order valence-corrected chi connectivity index (χ0v) is 12.6. The molecule has 0 N–H and O–H groups in total. The van der Waals surface area contributed by atoms with Crippen LogP contribution in [-0.2, 0) is 6.42 Å². The maximum atomic E-state index is 14.0. The lowest BCUT2D eigenvalue weighted by Gasteiger charge is -2.14. The highest BCUT2D eigenvalue weighted by molar-refractivity contribution is 9.09. The highest BCUT2D eigenvalue weighted by Crippen LogP contribution is 2.32. The second-order valence-corrected chi connectivity index (χ2v) is 5.93. The van der Waals surface area contributed by atoms with Gasteiger partial charge in [-0.25, -0.2) is 8.78 Å². The predicted octanol–water partition coefficient (Wildman–Crippen LogP) is 5.61. The number of rotatable bonds is 3. The lowest BCUT2D eigenvalue weighted by atomic mass is 10.0. The molecule has 100 valence electrons. The van der Waals surface area contributed by atoms with Gasteiger partial charge in [-0.1, -0.05) is 45.7 Å². The number of alkyl halides is 1. The minimum absolute atomic E-state index is 0.0787. The Morgan fingerprint density at radius 1 is 1.11 bits per heavy atom. The summed E-state index contributed by atoms with van der Waals surface area (Å²) in [6, 6.07) is 9.96. The maximum Gasteiger partial charge on any atom is 0.133 e. The van der Waals surface area contributed by atoms with Crippen LogP contribution in [-0.4, -0.2) is 0 Å². The Morgan fingerprint density at radius 3 is 2.37 bits per heavy atom. The van der Waals surface area contributed by atoms with Crippen molar-refractivity contribution in [3.63, 3.8) is 0 Å². The zero-order chi connectivity index (χ0) is 14.0. The second kappa shape index (κ2) is 6.02. The van der Waals surface area contributed by atoms with Gasteiger partial charge in [0, 0.05) is 15.4 Å². The van der Waals surface area contributed by atoms with Crippen LogP contribution in [0.25, 0.3) is 0 Å². The number of benzene rings is 2. The first-order valence-corrected chi connectivity index (χ1v) is 7.11. The van der Waals surface area contributed by atoms with Crippen molar-refractivity contribution in [2.45, 2.75) is 18.2 Å². The molecule has 0 amide bonds. The van der Waals surface area contributed by atoms with Crippen LogP contribution in [0, 0.1) is 18.6 Å². The van der Waals surface area contributed by atoms with E-state index in [0.717, 1.165) is 5.56 Å². The van der Waals surface area contributed by atoms with E-state index < -0.39 is 16.5 Å². The summed E-state index contributed by atoms with van der Waals surface area (Å²) < 4.78 is 27.7. The first-order chi connectivity index (χ1) is 8.99. The number of halogens is 4. The fourth-order valence-corrected chi connectivity index (χ4v) is 2.81. The van der Waals surface area contributed by atoms with Gasteiger partial charge >= 0.3 is 0 Å². The molecule has 2 aromatic carbocycles. The van der Waals surface area contributed by atoms with E-state index in [2.05, 4.69) is 15.9 Å². The third kappa shape index (κ3) is 3.34. The summed E-state index contributed by atoms with van der Waals surface area (Å²) in [5.74, 6) is -1.02. The molecule has 0 aromatic heterocycles. The minimum atomic E-state index is -0.529. The average Bonchev–Trinajstić information content (AvgIpc) is 2.37. The molecule has 0 aliphatic rings. The highest BCUT2D eigenvalue weighted by atomic mass is 79.9. The lowest BCUT2D eigenvalue weighted by Crippen LogP contribution is -2.03. The molecule has 0 nitrogen and oxygen atoms in total. The molecule has 0 heterocycles. The summed E-state index contributed by atoms with van der Waals surface area (Å²) >= 11 is 9.17. The van der Waals surface area contributed by atoms with E-state index >= 15 is 0 Å². The molecular weight excluding hydrogens is 334 g/mol. The van der Waals surface area contributed by atoms with E-state index in [1.807, 2.05) is 12.1 Å². The van der Waals surface area contributed by atoms with Crippen LogP contribution in [0.4, 0.5) is 8.78 Å². The predicted molar refractivity (Wildman–Crippen MR) is 77.9 cm³/mol. The Hall–Kier alpha value is -0.930. The van der Waals surface area contributed by atoms with Crippen LogP contribution in [0.1, 0.15) is 21.5 Å². The molecule has 0 aliphatic heterocycles. The molecule has 0 saturated heterocycles. The quantitative estimate of drug-likeness (QED) is 0.635. The number of aryl methyl sites for hydroxylation is 1. The van der Waals surface area contributed by atoms with Crippen LogP contribution >= 0.6 is 27.5 Å². The monoisotopic (exact) mass is 344 g/mol. The topological polar surface area (TPSA) is 0 Å². The first-order valence-electron chi connectivity index (χ1n) is 5.82. The SMILES string of the molecule is Cc1ccc(F)c(C(Br)Cc2ccc(Cl)cc2)c1F. The van der Waals surface area contributed by atoms with E-state index in [4.69, 9.17) is 11.6 Å². The molecule has 1 unspecified atom stereocenters. The van der Waals surface area contributed by atoms with Gasteiger partial charge in [-0.15, -0.1) is 0 Å². The Morgan fingerprint density at radius 2 is 1.74 bits per heavy atom. The smallest absolute Gasteiger partial charge is 0.133 e. The van der Waals surface area contributed by atoms with Gasteiger partial charge < -0.3 is 0 Å². The Labute approximate surface area is 124 Å². The molecule has 0 fully saturated rings. The average molecular weight is 346 g/mol. The Balaban J connectivity index is 2.27. The van der Waals surface area contributed by atoms with Gasteiger partial charge in [-0.05, 0) is 42.7 Å². The van der Waals surface area contributed by atoms with Crippen molar-refractivity contribution in [1.29, 1.82) is 0 Å². The van der Waals surface area contributed by atoms with Crippen LogP contribution in [0.5, 0.6) is 0 Å². The molecule has 19 heavy (non-hydrogen) atoms. The van der Waals surface area contributed by atoms with Gasteiger partial charge in [0.25, 0.3) is 0 Å². The first kappa shape index (κ1) is 14.5. The van der Waals surface area contributed by atoms with Crippen LogP contribution in [0.15, 0.2) is 36.4 Å². The molecule has 4 heteroatoms. The van der Waals surface area contributed by atoms with E-state index in [1.165, 1.54) is 12.1 Å². The third-order valence-corrected chi connectivity index (χ3v) is 3.99. The molecule has 0 saturated carbocycles. The highest BCUT2D eigenvalue weighted by Gasteiger charge is 2.19. The minimum Gasteiger partial charge on any atom is -0.207 e. The molecule has 1 atom stereocenters. The molecule has 0 aliphatic carbocycles. The van der Waals surface area contributed by atoms with Gasteiger partial charge in [0.05, 0.1) is 0 Å². The van der Waals surface area contributed by atoms with Crippen molar-refractivity contribution in [3.8, 4) is 0 Å². The van der Waals surface area contributed by atoms with Gasteiger partial charge in [0.2, 0.25) is 0 Å². The van der Waals surface area contributed by atoms with Gasteiger partial charge in [0.15, 0.2) is 0 Å². The molecular formula is C15H12BrClF2. The lowest BCUT2D eigenvalue weighted by molar-refractivity contribution is 0.548. The Bertz CT molecular complexity index is 581. The van der Waals surface area contributed by atoms with Gasteiger partial charge in [0.1, 0.15) is 11.6 Å². The van der Waals surface area contributed by atoms with E-state index in [1.54, 1.807) is 19.1 Å². The van der Waals surface area contributed by atoms with Crippen LogP contribution in [0.3, 0.4) is 0 Å². The van der Waals surface area contributed by atoms with E-state index in [-0.39, 0.29) is 5.56 Å². The van der Waals surface area contributed by atoms with Crippen molar-refractivity contribution in [2.75, 3.05) is 0 Å². The van der Waals surface area contributed by atoms with Crippen molar-refractivity contribution in [1.82, 2.24) is 0 Å². The molecule has 0 bridgehead atoms. The summed E-state index contributed by atoms with van der Waals surface area (Å²) in [6.07, 6.45) is 0.495. The van der Waals surface area contributed by atoms with E-state index in [9.17, 15) is 8.78 Å². The standard InChI is InChI=1S/C15H12BrClF2/c1-9-2-7-13(18)14(15(9)19)12(16)8-10-3-5-11(17)6-4-10/h2-7,12H,8H2,1H3. The van der Waals surface area contributed by atoms with E-state index in [0.29, 0.717) is 17.0 Å². The number of hydrogen-bond donors (Lipinski definition) is 0. The summed E-state index contributed by atoms with van der Waals surface area (Å²) in [5, 5.41) is 0.641. The van der Waals surface area contributed by atoms with Gasteiger partial charge in [-0.3, -0.25) is 0 Å². The molecule has 0 radical (unpaired) electrons. The van der Waals surface area contributed by atoms with Crippen LogP contribution in [0.2, 0.25) is 5.02 Å². The normalized spacial score (nSPS) is 12.5. The molecule has 2 aromatic rings. The fourth-order valence-electron chi connectivity index (χ4n) is 1.89. The van der Waals surface area contributed by atoms with Crippen molar-refractivity contribution in [3.05, 3.63) is 69.7 Å². The summed E-state index contributed by atoms with van der Waals surface area (Å²) in [4.78, 5) is -0.409. The fraction of sp³-hybridized carbons (Fsp3) is 0.200. The largest absolute Gasteiger partial charge is 0.207 e. The molecule has 0 spiro atoms. The Kier molecular flexibility index (Phi) is 4.58. The van der Waals surface area contributed by atoms with Crippen molar-refractivity contribution >= 4 is 27.5 Å². The third-order valence-electron chi connectivity index (χ3n) is 2.96. The van der Waals surface area contributed by atoms with Gasteiger partial charge in [-0.2, -0.15) is 0 Å². The number of hydrogen-bond acceptors (Lipinski definition) is 0. The summed E-state index contributed by atoms with van der Waals surface area (Å²) in [7, 11) is 0. The maximum absolute atomic E-state index is 14.0. The zero-order valence-electron chi connectivity index (χ0n) is 10.3. The molecule has 2 rings (SSSR count). The summed E-state index contributed by atoms with van der Waals surface area (Å²) in [5.41, 5.74) is 1.48. The summed E-state index contributed by atoms with van der Waals surface area (Å²) in [6.45, 7) is 1.63. The second-order valence-electron chi connectivity index (χ2n) is 4.39. The van der Waals surface area contributed by atoms with Crippen molar-refractivity contribution in [2.24, 2.45) is 0 Å². The van der Waals surface area contributed by atoms with Crippen molar-refractivity contribution < 1.29 is 8.78 Å².